The lowest BCUT2D eigenvalue weighted by atomic mass is 10.2. The molecule has 0 spiro atoms. The molecule has 0 bridgehead atoms. The van der Waals surface area contributed by atoms with Crippen molar-refractivity contribution < 1.29 is 0 Å². The van der Waals surface area contributed by atoms with Crippen LogP contribution in [0.5, 0.6) is 0 Å². The molecule has 4 nitrogen and oxygen atoms in total. The van der Waals surface area contributed by atoms with Gasteiger partial charge in [-0.15, -0.1) is 0 Å². The highest BCUT2D eigenvalue weighted by Crippen LogP contribution is 2.21. The van der Waals surface area contributed by atoms with Gasteiger partial charge in [0.2, 0.25) is 0 Å². The summed E-state index contributed by atoms with van der Waals surface area (Å²) in [5.74, 6) is 0.701. The summed E-state index contributed by atoms with van der Waals surface area (Å²) in [6.45, 7) is 0. The van der Waals surface area contributed by atoms with Crippen molar-refractivity contribution in [1.82, 2.24) is 15.0 Å². The Hall–Kier alpha value is -2.19. The van der Waals surface area contributed by atoms with Gasteiger partial charge < -0.3 is 4.98 Å². The van der Waals surface area contributed by atoms with E-state index in [1.807, 2.05) is 24.3 Å². The van der Waals surface area contributed by atoms with Crippen molar-refractivity contribution in [2.75, 3.05) is 0 Å². The molecular formula is C13H7BrN4. The van der Waals surface area contributed by atoms with Crippen LogP contribution >= 0.6 is 15.9 Å². The summed E-state index contributed by atoms with van der Waals surface area (Å²) in [6, 6.07) is 11.4. The summed E-state index contributed by atoms with van der Waals surface area (Å²) in [7, 11) is 0. The molecule has 5 heteroatoms. The van der Waals surface area contributed by atoms with Crippen LogP contribution in [0.2, 0.25) is 0 Å². The fourth-order valence-corrected chi connectivity index (χ4v) is 2.06. The Morgan fingerprint density at radius 3 is 2.83 bits per heavy atom. The van der Waals surface area contributed by atoms with Gasteiger partial charge in [-0.25, -0.2) is 4.98 Å². The van der Waals surface area contributed by atoms with Crippen molar-refractivity contribution in [2.45, 2.75) is 0 Å². The van der Waals surface area contributed by atoms with E-state index in [0.717, 1.165) is 21.2 Å². The summed E-state index contributed by atoms with van der Waals surface area (Å²) in [6.07, 6.45) is 1.54. The van der Waals surface area contributed by atoms with Crippen LogP contribution in [-0.4, -0.2) is 15.0 Å². The second kappa shape index (κ2) is 4.24. The number of aromatic nitrogens is 3. The van der Waals surface area contributed by atoms with Crippen LogP contribution in [0.3, 0.4) is 0 Å². The van der Waals surface area contributed by atoms with Crippen molar-refractivity contribution in [1.29, 1.82) is 5.26 Å². The third-order valence-corrected chi connectivity index (χ3v) is 3.07. The molecule has 0 aliphatic carbocycles. The molecule has 86 valence electrons. The Kier molecular flexibility index (Phi) is 2.58. The van der Waals surface area contributed by atoms with E-state index in [0.29, 0.717) is 11.4 Å². The molecule has 0 fully saturated rings. The predicted molar refractivity (Wildman–Crippen MR) is 71.7 cm³/mol. The monoisotopic (exact) mass is 298 g/mol. The van der Waals surface area contributed by atoms with Crippen molar-refractivity contribution in [3.63, 3.8) is 0 Å². The number of nitrogens with one attached hydrogen (secondary N) is 1. The van der Waals surface area contributed by atoms with E-state index in [9.17, 15) is 0 Å². The minimum Gasteiger partial charge on any atom is -0.337 e. The highest BCUT2D eigenvalue weighted by atomic mass is 79.9. The van der Waals surface area contributed by atoms with E-state index < -0.39 is 0 Å². The first kappa shape index (κ1) is 10.9. The molecule has 0 saturated heterocycles. The van der Waals surface area contributed by atoms with E-state index in [-0.39, 0.29) is 0 Å². The van der Waals surface area contributed by atoms with E-state index >= 15 is 0 Å². The highest BCUT2D eigenvalue weighted by Gasteiger charge is 2.06. The number of pyridine rings is 1. The number of nitrogens with zero attached hydrogens (tertiary/aromatic N) is 3. The van der Waals surface area contributed by atoms with Crippen LogP contribution in [0.1, 0.15) is 5.56 Å². The zero-order valence-corrected chi connectivity index (χ0v) is 10.8. The molecule has 1 aromatic carbocycles. The molecule has 0 radical (unpaired) electrons. The molecular weight excluding hydrogens is 292 g/mol. The van der Waals surface area contributed by atoms with Crippen molar-refractivity contribution in [3.8, 4) is 17.6 Å². The van der Waals surface area contributed by atoms with E-state index in [2.05, 4.69) is 30.9 Å². The van der Waals surface area contributed by atoms with Crippen molar-refractivity contribution in [2.24, 2.45) is 0 Å². The molecule has 2 aromatic heterocycles. The number of hydrogen-bond donors (Lipinski definition) is 1. The number of benzene rings is 1. The predicted octanol–water partition coefficient (Wildman–Crippen LogP) is 3.26. The van der Waals surface area contributed by atoms with Crippen LogP contribution in [0, 0.1) is 11.3 Å². The maximum absolute atomic E-state index is 8.73. The third kappa shape index (κ3) is 1.87. The standard InChI is InChI=1S/C13H7BrN4/c14-9-2-4-10-12(5-9)18-13(17-10)11-3-1-8(6-15)7-16-11/h1-5,7H,(H,17,18). The number of hydrogen-bond acceptors (Lipinski definition) is 3. The smallest absolute Gasteiger partial charge is 0.157 e. The number of imidazole rings is 1. The zero-order chi connectivity index (χ0) is 12.5. The average Bonchev–Trinajstić information content (AvgIpc) is 2.81. The summed E-state index contributed by atoms with van der Waals surface area (Å²) in [5.41, 5.74) is 3.10. The molecule has 0 atom stereocenters. The van der Waals surface area contributed by atoms with Gasteiger partial charge in [-0.05, 0) is 30.3 Å². The fourth-order valence-electron chi connectivity index (χ4n) is 1.70. The molecule has 0 amide bonds. The average molecular weight is 299 g/mol. The van der Waals surface area contributed by atoms with Gasteiger partial charge in [0.1, 0.15) is 11.8 Å². The van der Waals surface area contributed by atoms with E-state index in [4.69, 9.17) is 5.26 Å². The third-order valence-electron chi connectivity index (χ3n) is 2.58. The van der Waals surface area contributed by atoms with Gasteiger partial charge in [0, 0.05) is 10.7 Å². The Labute approximate surface area is 111 Å². The van der Waals surface area contributed by atoms with E-state index in [1.165, 1.54) is 0 Å². The van der Waals surface area contributed by atoms with Crippen LogP contribution < -0.4 is 0 Å². The first-order chi connectivity index (χ1) is 8.76. The Balaban J connectivity index is 2.10. The first-order valence-corrected chi connectivity index (χ1v) is 6.07. The second-order valence-electron chi connectivity index (χ2n) is 3.79. The number of nitriles is 1. The molecule has 0 aliphatic heterocycles. The van der Waals surface area contributed by atoms with Gasteiger partial charge in [-0.1, -0.05) is 15.9 Å². The van der Waals surface area contributed by atoms with Gasteiger partial charge in [0.25, 0.3) is 0 Å². The fraction of sp³-hybridized carbons (Fsp3) is 0. The maximum Gasteiger partial charge on any atom is 0.157 e. The molecule has 2 heterocycles. The summed E-state index contributed by atoms with van der Waals surface area (Å²) in [5, 5.41) is 8.73. The normalized spacial score (nSPS) is 10.4. The molecule has 18 heavy (non-hydrogen) atoms. The quantitative estimate of drug-likeness (QED) is 0.750. The van der Waals surface area contributed by atoms with Gasteiger partial charge >= 0.3 is 0 Å². The molecule has 0 unspecified atom stereocenters. The highest BCUT2D eigenvalue weighted by molar-refractivity contribution is 9.10. The first-order valence-electron chi connectivity index (χ1n) is 5.28. The summed E-state index contributed by atoms with van der Waals surface area (Å²) >= 11 is 3.42. The lowest BCUT2D eigenvalue weighted by Crippen LogP contribution is -1.86. The van der Waals surface area contributed by atoms with Crippen molar-refractivity contribution in [3.05, 3.63) is 46.6 Å². The van der Waals surface area contributed by atoms with E-state index in [1.54, 1.807) is 18.3 Å². The molecule has 3 rings (SSSR count). The lowest BCUT2D eigenvalue weighted by molar-refractivity contribution is 1.23. The molecule has 0 saturated carbocycles. The Morgan fingerprint density at radius 2 is 2.11 bits per heavy atom. The topological polar surface area (TPSA) is 65.4 Å². The number of rotatable bonds is 1. The maximum atomic E-state index is 8.73. The zero-order valence-electron chi connectivity index (χ0n) is 9.18. The SMILES string of the molecule is N#Cc1ccc(-c2nc3ccc(Br)cc3[nH]2)nc1. The van der Waals surface area contributed by atoms with Gasteiger partial charge in [0.05, 0.1) is 16.6 Å². The van der Waals surface area contributed by atoms with Gasteiger partial charge in [-0.2, -0.15) is 5.26 Å². The number of halogens is 1. The minimum atomic E-state index is 0.539. The van der Waals surface area contributed by atoms with Crippen LogP contribution in [0.15, 0.2) is 41.0 Å². The summed E-state index contributed by atoms with van der Waals surface area (Å²) in [4.78, 5) is 11.9. The number of fused-ring (bicyclic) bond motifs is 1. The van der Waals surface area contributed by atoms with Gasteiger partial charge in [0.15, 0.2) is 5.82 Å². The molecule has 1 N–H and O–H groups in total. The molecule has 0 aliphatic rings. The minimum absolute atomic E-state index is 0.539. The molecule has 3 aromatic rings. The largest absolute Gasteiger partial charge is 0.337 e. The van der Waals surface area contributed by atoms with Gasteiger partial charge in [-0.3, -0.25) is 4.98 Å². The Bertz CT molecular complexity index is 753. The van der Waals surface area contributed by atoms with Crippen LogP contribution in [0.4, 0.5) is 0 Å². The van der Waals surface area contributed by atoms with Crippen LogP contribution in [-0.2, 0) is 0 Å². The lowest BCUT2D eigenvalue weighted by Gasteiger charge is -1.94. The second-order valence-corrected chi connectivity index (χ2v) is 4.71. The number of aromatic amines is 1. The van der Waals surface area contributed by atoms with Crippen molar-refractivity contribution >= 4 is 27.0 Å². The summed E-state index contributed by atoms with van der Waals surface area (Å²) < 4.78 is 0.998. The van der Waals surface area contributed by atoms with Crippen LogP contribution in [0.25, 0.3) is 22.6 Å². The number of H-pyrrole nitrogens is 1. The Morgan fingerprint density at radius 1 is 1.22 bits per heavy atom.